The third-order valence-corrected chi connectivity index (χ3v) is 2.34. The van der Waals surface area contributed by atoms with Crippen molar-refractivity contribution in [1.82, 2.24) is 4.90 Å². The third-order valence-electron chi connectivity index (χ3n) is 2.34. The monoisotopic (exact) mass is 172 g/mol. The Bertz CT molecular complexity index is 130. The van der Waals surface area contributed by atoms with Crippen LogP contribution in [0.5, 0.6) is 0 Å². The first-order valence-electron chi connectivity index (χ1n) is 4.45. The first-order valence-corrected chi connectivity index (χ1v) is 4.45. The first-order chi connectivity index (χ1) is 5.77. The molecule has 1 saturated heterocycles. The van der Waals surface area contributed by atoms with Crippen molar-refractivity contribution in [3.8, 4) is 0 Å². The number of rotatable bonds is 4. The van der Waals surface area contributed by atoms with Gasteiger partial charge in [0.05, 0.1) is 12.7 Å². The smallest absolute Gasteiger partial charge is 0.0689 e. The number of hydrogen-bond donors (Lipinski definition) is 0. The SMILES string of the molecule is [CH2-]N1C[C@H](OC)C[C@H]1COCC. The molecule has 0 bridgehead atoms. The van der Waals surface area contributed by atoms with Crippen molar-refractivity contribution >= 4 is 0 Å². The molecule has 0 spiro atoms. The zero-order valence-corrected chi connectivity index (χ0v) is 7.95. The highest BCUT2D eigenvalue weighted by Gasteiger charge is 2.25. The van der Waals surface area contributed by atoms with Gasteiger partial charge in [0.1, 0.15) is 0 Å². The second-order valence-corrected chi connectivity index (χ2v) is 3.18. The van der Waals surface area contributed by atoms with E-state index in [0.29, 0.717) is 12.1 Å². The van der Waals surface area contributed by atoms with Gasteiger partial charge in [0.15, 0.2) is 0 Å². The lowest BCUT2D eigenvalue weighted by atomic mass is 10.2. The Morgan fingerprint density at radius 3 is 2.83 bits per heavy atom. The van der Waals surface area contributed by atoms with E-state index in [4.69, 9.17) is 9.47 Å². The molecule has 0 amide bonds. The quantitative estimate of drug-likeness (QED) is 0.588. The van der Waals surface area contributed by atoms with Crippen LogP contribution in [0.25, 0.3) is 0 Å². The van der Waals surface area contributed by atoms with Crippen LogP contribution < -0.4 is 0 Å². The highest BCUT2D eigenvalue weighted by molar-refractivity contribution is 4.85. The Morgan fingerprint density at radius 1 is 1.58 bits per heavy atom. The molecule has 0 N–H and O–H groups in total. The van der Waals surface area contributed by atoms with E-state index in [9.17, 15) is 0 Å². The molecule has 0 aliphatic carbocycles. The van der Waals surface area contributed by atoms with Gasteiger partial charge in [-0.15, -0.1) is 0 Å². The van der Waals surface area contributed by atoms with E-state index in [1.54, 1.807) is 7.11 Å². The fraction of sp³-hybridized carbons (Fsp3) is 0.889. The summed E-state index contributed by atoms with van der Waals surface area (Å²) < 4.78 is 10.6. The summed E-state index contributed by atoms with van der Waals surface area (Å²) in [6.45, 7) is 4.49. The molecule has 0 aromatic carbocycles. The van der Waals surface area contributed by atoms with Crippen molar-refractivity contribution in [2.24, 2.45) is 0 Å². The van der Waals surface area contributed by atoms with Crippen molar-refractivity contribution in [1.29, 1.82) is 0 Å². The first kappa shape index (κ1) is 9.96. The predicted octanol–water partition coefficient (Wildman–Crippen LogP) is 0.904. The number of methoxy groups -OCH3 is 1. The van der Waals surface area contributed by atoms with Crippen LogP contribution in [-0.4, -0.2) is 43.9 Å². The van der Waals surface area contributed by atoms with Crippen LogP contribution in [0.2, 0.25) is 0 Å². The summed E-state index contributed by atoms with van der Waals surface area (Å²) in [6.07, 6.45) is 1.38. The molecule has 72 valence electrons. The minimum absolute atomic E-state index is 0.341. The normalized spacial score (nSPS) is 31.2. The summed E-state index contributed by atoms with van der Waals surface area (Å²) in [5.41, 5.74) is 0. The molecule has 1 rings (SSSR count). The van der Waals surface area contributed by atoms with Gasteiger partial charge in [-0.1, -0.05) is 0 Å². The van der Waals surface area contributed by atoms with E-state index >= 15 is 0 Å². The lowest BCUT2D eigenvalue weighted by Crippen LogP contribution is -2.27. The summed E-state index contributed by atoms with van der Waals surface area (Å²) in [6, 6.07) is 0.440. The Balaban J connectivity index is 2.25. The van der Waals surface area contributed by atoms with Crippen molar-refractivity contribution in [3.05, 3.63) is 7.05 Å². The van der Waals surface area contributed by atoms with Gasteiger partial charge in [-0.25, -0.2) is 0 Å². The molecule has 0 aromatic rings. The lowest BCUT2D eigenvalue weighted by Gasteiger charge is -2.26. The Morgan fingerprint density at radius 2 is 2.33 bits per heavy atom. The average molecular weight is 172 g/mol. The van der Waals surface area contributed by atoms with Crippen LogP contribution in [0, 0.1) is 7.05 Å². The topological polar surface area (TPSA) is 21.7 Å². The maximum absolute atomic E-state index is 5.34. The summed E-state index contributed by atoms with van der Waals surface area (Å²) in [5, 5.41) is 0. The molecule has 0 unspecified atom stereocenters. The number of likely N-dealkylation sites (tertiary alicyclic amines) is 1. The molecule has 3 nitrogen and oxygen atoms in total. The molecule has 2 atom stereocenters. The Kier molecular flexibility index (Phi) is 3.98. The molecule has 0 aromatic heterocycles. The maximum atomic E-state index is 5.34. The Labute approximate surface area is 74.6 Å². The van der Waals surface area contributed by atoms with Gasteiger partial charge < -0.3 is 14.4 Å². The lowest BCUT2D eigenvalue weighted by molar-refractivity contribution is 0.0964. The van der Waals surface area contributed by atoms with E-state index in [2.05, 4.69) is 11.9 Å². The zero-order chi connectivity index (χ0) is 8.97. The highest BCUT2D eigenvalue weighted by Crippen LogP contribution is 2.18. The number of ether oxygens (including phenoxy) is 2. The number of hydrogen-bond acceptors (Lipinski definition) is 3. The van der Waals surface area contributed by atoms with Gasteiger partial charge in [-0.2, -0.15) is 0 Å². The maximum Gasteiger partial charge on any atom is 0.0689 e. The van der Waals surface area contributed by atoms with Crippen LogP contribution in [0.4, 0.5) is 0 Å². The zero-order valence-electron chi connectivity index (χ0n) is 7.95. The van der Waals surface area contributed by atoms with Gasteiger partial charge in [0.25, 0.3) is 0 Å². The molecule has 3 heteroatoms. The van der Waals surface area contributed by atoms with Crippen LogP contribution in [0.1, 0.15) is 13.3 Å². The van der Waals surface area contributed by atoms with Gasteiger partial charge in [0.2, 0.25) is 0 Å². The molecular formula is C9H18NO2-. The second-order valence-electron chi connectivity index (χ2n) is 3.18. The van der Waals surface area contributed by atoms with Crippen molar-refractivity contribution in [2.45, 2.75) is 25.5 Å². The van der Waals surface area contributed by atoms with Crippen molar-refractivity contribution in [3.63, 3.8) is 0 Å². The van der Waals surface area contributed by atoms with Gasteiger partial charge >= 0.3 is 0 Å². The van der Waals surface area contributed by atoms with Crippen LogP contribution in [0.3, 0.4) is 0 Å². The van der Waals surface area contributed by atoms with Crippen LogP contribution in [-0.2, 0) is 9.47 Å². The van der Waals surface area contributed by atoms with Gasteiger partial charge in [-0.3, -0.25) is 7.05 Å². The van der Waals surface area contributed by atoms with Gasteiger partial charge in [-0.05, 0) is 19.9 Å². The number of nitrogens with zero attached hydrogens (tertiary/aromatic N) is 1. The highest BCUT2D eigenvalue weighted by atomic mass is 16.5. The molecule has 12 heavy (non-hydrogen) atoms. The fourth-order valence-electron chi connectivity index (χ4n) is 1.54. The Hall–Kier alpha value is -0.120. The van der Waals surface area contributed by atoms with Crippen molar-refractivity contribution < 1.29 is 9.47 Å². The van der Waals surface area contributed by atoms with E-state index < -0.39 is 0 Å². The molecule has 0 radical (unpaired) electrons. The fourth-order valence-corrected chi connectivity index (χ4v) is 1.54. The molecule has 1 aliphatic heterocycles. The van der Waals surface area contributed by atoms with Crippen molar-refractivity contribution in [2.75, 3.05) is 26.9 Å². The van der Waals surface area contributed by atoms with E-state index in [1.807, 2.05) is 6.92 Å². The predicted molar refractivity (Wildman–Crippen MR) is 47.8 cm³/mol. The molecule has 0 saturated carbocycles. The minimum Gasteiger partial charge on any atom is -0.453 e. The molecular weight excluding hydrogens is 154 g/mol. The largest absolute Gasteiger partial charge is 0.453 e. The molecule has 1 aliphatic rings. The molecule has 1 heterocycles. The van der Waals surface area contributed by atoms with E-state index in [0.717, 1.165) is 26.2 Å². The van der Waals surface area contributed by atoms with Gasteiger partial charge in [0, 0.05) is 19.8 Å². The summed E-state index contributed by atoms with van der Waals surface area (Å²) in [4.78, 5) is 2.06. The third kappa shape index (κ3) is 2.44. The van der Waals surface area contributed by atoms with E-state index in [1.165, 1.54) is 0 Å². The van der Waals surface area contributed by atoms with Crippen LogP contribution >= 0.6 is 0 Å². The summed E-state index contributed by atoms with van der Waals surface area (Å²) >= 11 is 0. The van der Waals surface area contributed by atoms with Crippen LogP contribution in [0.15, 0.2) is 0 Å². The summed E-state index contributed by atoms with van der Waals surface area (Å²) in [5.74, 6) is 0. The minimum atomic E-state index is 0.341. The summed E-state index contributed by atoms with van der Waals surface area (Å²) in [7, 11) is 5.69. The van der Waals surface area contributed by atoms with E-state index in [-0.39, 0.29) is 0 Å². The standard InChI is InChI=1S/C9H18NO2/c1-4-12-7-8-5-9(11-3)6-10(8)2/h8-9H,2,4-7H2,1,3H3/q-1/t8-,9+/m0/s1. The molecule has 1 fully saturated rings. The second kappa shape index (κ2) is 4.80. The average Bonchev–Trinajstić information content (AvgIpc) is 2.43.